The quantitative estimate of drug-likeness (QED) is 0.837. The van der Waals surface area contributed by atoms with E-state index < -0.39 is 23.1 Å². The predicted octanol–water partition coefficient (Wildman–Crippen LogP) is 2.41. The highest BCUT2D eigenvalue weighted by molar-refractivity contribution is 5.86. The van der Waals surface area contributed by atoms with E-state index in [1.807, 2.05) is 6.08 Å². The van der Waals surface area contributed by atoms with Crippen LogP contribution in [0.1, 0.15) is 32.8 Å². The Kier molecular flexibility index (Phi) is 5.23. The van der Waals surface area contributed by atoms with E-state index in [0.717, 1.165) is 0 Å². The van der Waals surface area contributed by atoms with Gasteiger partial charge in [-0.15, -0.1) is 0 Å². The number of nitrogens with one attached hydrogen (secondary N) is 2. The molecule has 1 amide bonds. The maximum atomic E-state index is 11.8. The van der Waals surface area contributed by atoms with Crippen LogP contribution < -0.4 is 16.7 Å². The topological polar surface area (TPSA) is 101 Å². The summed E-state index contributed by atoms with van der Waals surface area (Å²) in [5, 5.41) is 2.95. The third kappa shape index (κ3) is 4.84. The highest BCUT2D eigenvalue weighted by Crippen LogP contribution is 2.13. The van der Waals surface area contributed by atoms with Gasteiger partial charge in [-0.05, 0) is 38.8 Å². The Morgan fingerprint density at radius 2 is 2.08 bits per heavy atom. The molecule has 0 spiro atoms. The fourth-order valence-corrected chi connectivity index (χ4v) is 2.09. The van der Waals surface area contributed by atoms with E-state index in [1.165, 1.54) is 0 Å². The van der Waals surface area contributed by atoms with Crippen LogP contribution >= 0.6 is 0 Å². The number of fused-ring (bicyclic) bond motifs is 1. The minimum Gasteiger partial charge on any atom is -0.444 e. The fourth-order valence-electron chi connectivity index (χ4n) is 2.09. The summed E-state index contributed by atoms with van der Waals surface area (Å²) < 4.78 is 9.69. The molecule has 7 heteroatoms. The number of ether oxygens (including phenoxy) is 1. The molecule has 0 atom stereocenters. The van der Waals surface area contributed by atoms with Crippen LogP contribution in [0.5, 0.6) is 0 Å². The lowest BCUT2D eigenvalue weighted by Gasteiger charge is -2.19. The molecule has 7 nitrogen and oxygen atoms in total. The van der Waals surface area contributed by atoms with Crippen LogP contribution in [0, 0.1) is 0 Å². The highest BCUT2D eigenvalue weighted by Gasteiger charge is 2.15. The van der Waals surface area contributed by atoms with E-state index in [-0.39, 0.29) is 0 Å². The Hall–Kier alpha value is -2.83. The number of H-pyrrole nitrogens is 1. The van der Waals surface area contributed by atoms with Crippen LogP contribution in [0.4, 0.5) is 4.79 Å². The monoisotopic (exact) mass is 332 g/mol. The minimum atomic E-state index is -0.782. The van der Waals surface area contributed by atoms with Gasteiger partial charge in [-0.25, -0.2) is 14.4 Å². The second kappa shape index (κ2) is 7.16. The van der Waals surface area contributed by atoms with E-state index in [2.05, 4.69) is 14.7 Å². The van der Waals surface area contributed by atoms with Crippen molar-refractivity contribution in [3.8, 4) is 0 Å². The first-order valence-corrected chi connectivity index (χ1v) is 7.56. The zero-order chi connectivity index (χ0) is 17.7. The van der Waals surface area contributed by atoms with Crippen molar-refractivity contribution in [2.24, 2.45) is 0 Å². The molecule has 2 aromatic rings. The molecule has 0 bridgehead atoms. The molecule has 2 N–H and O–H groups in total. The first kappa shape index (κ1) is 17.5. The van der Waals surface area contributed by atoms with E-state index in [9.17, 15) is 14.4 Å². The van der Waals surface area contributed by atoms with Crippen molar-refractivity contribution >= 4 is 23.1 Å². The van der Waals surface area contributed by atoms with Gasteiger partial charge in [0.15, 0.2) is 0 Å². The Bertz CT molecular complexity index is 871. The molecule has 1 aromatic carbocycles. The first-order chi connectivity index (χ1) is 11.3. The Labute approximate surface area is 138 Å². The summed E-state index contributed by atoms with van der Waals surface area (Å²) in [6.45, 7) is 5.79. The highest BCUT2D eigenvalue weighted by atomic mass is 16.6. The maximum Gasteiger partial charge on any atom is 0.419 e. The molecule has 0 saturated heterocycles. The van der Waals surface area contributed by atoms with Crippen LogP contribution in [-0.4, -0.2) is 23.2 Å². The van der Waals surface area contributed by atoms with Crippen molar-refractivity contribution in [2.75, 3.05) is 6.54 Å². The number of amides is 1. The molecule has 24 heavy (non-hydrogen) atoms. The summed E-state index contributed by atoms with van der Waals surface area (Å²) >= 11 is 0. The van der Waals surface area contributed by atoms with Gasteiger partial charge < -0.3 is 14.5 Å². The van der Waals surface area contributed by atoms with Crippen LogP contribution in [-0.2, 0) is 4.74 Å². The molecular weight excluding hydrogens is 312 g/mol. The average molecular weight is 332 g/mol. The summed E-state index contributed by atoms with van der Waals surface area (Å²) in [6, 6.07) is 5.11. The van der Waals surface area contributed by atoms with Crippen molar-refractivity contribution in [1.82, 2.24) is 10.3 Å². The van der Waals surface area contributed by atoms with Crippen LogP contribution in [0.3, 0.4) is 0 Å². The second-order valence-electron chi connectivity index (χ2n) is 6.19. The van der Waals surface area contributed by atoms with Crippen LogP contribution in [0.15, 0.2) is 38.3 Å². The summed E-state index contributed by atoms with van der Waals surface area (Å²) in [4.78, 5) is 37.0. The summed E-state index contributed by atoms with van der Waals surface area (Å²) in [5.41, 5.74) is -0.158. The van der Waals surface area contributed by atoms with Gasteiger partial charge in [0, 0.05) is 6.54 Å². The molecule has 0 aliphatic heterocycles. The Balaban J connectivity index is 2.01. The molecule has 128 valence electrons. The lowest BCUT2D eigenvalue weighted by Crippen LogP contribution is -2.32. The number of benzene rings is 1. The normalized spacial score (nSPS) is 11.8. The first-order valence-electron chi connectivity index (χ1n) is 7.56. The number of rotatable bonds is 4. The average Bonchev–Trinajstić information content (AvgIpc) is 2.44. The number of carbonyl (C=O) groups excluding carboxylic acids is 1. The predicted molar refractivity (Wildman–Crippen MR) is 91.0 cm³/mol. The molecule has 0 aliphatic carbocycles. The lowest BCUT2D eigenvalue weighted by atomic mass is 10.1. The van der Waals surface area contributed by atoms with E-state index >= 15 is 0 Å². The smallest absolute Gasteiger partial charge is 0.419 e. The summed E-state index contributed by atoms with van der Waals surface area (Å²) in [5.74, 6) is -0.782. The van der Waals surface area contributed by atoms with Gasteiger partial charge in [-0.3, -0.25) is 4.98 Å². The van der Waals surface area contributed by atoms with Gasteiger partial charge >= 0.3 is 17.5 Å². The fraction of sp³-hybridized carbons (Fsp3) is 0.353. The third-order valence-corrected chi connectivity index (χ3v) is 3.00. The second-order valence-corrected chi connectivity index (χ2v) is 6.19. The number of hydrogen-bond acceptors (Lipinski definition) is 5. The van der Waals surface area contributed by atoms with Gasteiger partial charge in [-0.2, -0.15) is 0 Å². The van der Waals surface area contributed by atoms with Crippen molar-refractivity contribution < 1.29 is 13.9 Å². The van der Waals surface area contributed by atoms with Gasteiger partial charge in [0.1, 0.15) is 5.60 Å². The van der Waals surface area contributed by atoms with Crippen molar-refractivity contribution in [1.29, 1.82) is 0 Å². The number of hydrogen-bond donors (Lipinski definition) is 2. The van der Waals surface area contributed by atoms with Crippen LogP contribution in [0.2, 0.25) is 0 Å². The molecule has 1 heterocycles. The van der Waals surface area contributed by atoms with E-state index in [0.29, 0.717) is 29.4 Å². The Morgan fingerprint density at radius 1 is 1.33 bits per heavy atom. The zero-order valence-electron chi connectivity index (χ0n) is 13.8. The van der Waals surface area contributed by atoms with E-state index in [1.54, 1.807) is 45.0 Å². The summed E-state index contributed by atoms with van der Waals surface area (Å²) in [6.07, 6.45) is 3.65. The summed E-state index contributed by atoms with van der Waals surface area (Å²) in [7, 11) is 0. The largest absolute Gasteiger partial charge is 0.444 e. The number of carbonyl (C=O) groups is 1. The molecule has 0 radical (unpaired) electrons. The van der Waals surface area contributed by atoms with Gasteiger partial charge in [0.25, 0.3) is 0 Å². The SMILES string of the molecule is CC(C)(C)OC(=O)NCCC=Cc1cccc2[nH]c(=O)oc(=O)c12. The standard InChI is InChI=1S/C17H20N2O5/c1-17(2,3)24-15(21)18-10-5-4-7-11-8-6-9-12-13(11)14(20)23-16(22)19-12/h4,6-9H,5,10H2,1-3H3,(H,18,21)(H,19,22). The van der Waals surface area contributed by atoms with Gasteiger partial charge in [0.05, 0.1) is 10.9 Å². The molecule has 2 rings (SSSR count). The minimum absolute atomic E-state index is 0.313. The number of aromatic nitrogens is 1. The number of alkyl carbamates (subject to hydrolysis) is 1. The zero-order valence-corrected chi connectivity index (χ0v) is 13.8. The van der Waals surface area contributed by atoms with Gasteiger partial charge in [0.2, 0.25) is 0 Å². The Morgan fingerprint density at radius 3 is 2.79 bits per heavy atom. The maximum absolute atomic E-state index is 11.8. The van der Waals surface area contributed by atoms with Crippen molar-refractivity contribution in [2.45, 2.75) is 32.8 Å². The molecular formula is C17H20N2O5. The third-order valence-electron chi connectivity index (χ3n) is 3.00. The van der Waals surface area contributed by atoms with Gasteiger partial charge in [-0.1, -0.05) is 24.3 Å². The molecule has 0 aliphatic rings. The molecule has 0 saturated carbocycles. The lowest BCUT2D eigenvalue weighted by molar-refractivity contribution is 0.0529. The molecule has 1 aromatic heterocycles. The van der Waals surface area contributed by atoms with Crippen molar-refractivity contribution in [3.63, 3.8) is 0 Å². The van der Waals surface area contributed by atoms with Crippen LogP contribution in [0.25, 0.3) is 17.0 Å². The molecule has 0 unspecified atom stereocenters. The number of aromatic amines is 1. The molecule has 0 fully saturated rings. The van der Waals surface area contributed by atoms with Crippen molar-refractivity contribution in [3.05, 3.63) is 50.8 Å². The van der Waals surface area contributed by atoms with E-state index in [4.69, 9.17) is 4.74 Å².